The molecule has 0 saturated heterocycles. The van der Waals surface area contributed by atoms with Gasteiger partial charge < -0.3 is 5.73 Å². The normalized spacial score (nSPS) is 24.8. The van der Waals surface area contributed by atoms with E-state index in [4.69, 9.17) is 40.5 Å². The van der Waals surface area contributed by atoms with Crippen molar-refractivity contribution in [3.63, 3.8) is 0 Å². The van der Waals surface area contributed by atoms with Crippen LogP contribution in [0.25, 0.3) is 21.8 Å². The van der Waals surface area contributed by atoms with E-state index in [1.165, 1.54) is 29.5 Å². The van der Waals surface area contributed by atoms with Crippen LogP contribution in [0.15, 0.2) is 97.6 Å². The van der Waals surface area contributed by atoms with Crippen molar-refractivity contribution in [1.29, 1.82) is 0 Å². The van der Waals surface area contributed by atoms with Crippen molar-refractivity contribution in [2.75, 3.05) is 5.73 Å². The largest absolute Gasteiger partial charge is 0.397 e. The molecule has 340 valence electrons. The number of nitrogens with zero attached hydrogens (tertiary/aromatic N) is 4. The molecule has 12 heteroatoms. The van der Waals surface area contributed by atoms with Crippen LogP contribution in [0, 0.1) is 58.0 Å². The number of hydrogen-bond acceptors (Lipinski definition) is 7. The highest BCUT2D eigenvalue weighted by molar-refractivity contribution is 6.64. The highest BCUT2D eigenvalue weighted by Gasteiger charge is 2.50. The summed E-state index contributed by atoms with van der Waals surface area (Å²) in [6.45, 7) is 8.18. The fraction of sp³-hybridized carbons (Fsp3) is 0.434. The van der Waals surface area contributed by atoms with Crippen LogP contribution in [0.2, 0.25) is 10.3 Å². The molecule has 4 saturated carbocycles. The van der Waals surface area contributed by atoms with E-state index in [1.807, 2.05) is 32.3 Å². The molecule has 6 aromatic rings. The third-order valence-electron chi connectivity index (χ3n) is 15.6. The molecule has 2 aromatic carbocycles. The Balaban J connectivity index is 0.000000155. The molecular formula is C53H56Cl3F2N5O2. The van der Waals surface area contributed by atoms with E-state index in [1.54, 1.807) is 48.7 Å². The standard InChI is InChI=1S/C27H28ClFN2O.C21H23ClFNO.C5H5ClN2/c1-27(2,25(32)9-16-3-6-26(28)31-15-16)20-12-17-10-19(11-18(17)13-20)22-7-8-30-24-5-4-21(29)14-23(22)24;1-21(2,20(22)25)15-9-12-7-14(8-13(12)10-15)17-5-6-24-19-4-3-16(23)11-18(17)19;6-5-2-1-4(7)3-8-5/h3-8,14-15,17-20H,9-13H2,1-2H3;3-6,11-15H,7-10H2,1-2H3;1-3H,7H2/t17-,18+,19?,20?;12-,13+,14?,15?;. The number of nitrogen functional groups attached to an aromatic ring is 1. The molecule has 4 aromatic heterocycles. The van der Waals surface area contributed by atoms with E-state index in [0.29, 0.717) is 69.8 Å². The first-order chi connectivity index (χ1) is 31.0. The van der Waals surface area contributed by atoms with Gasteiger partial charge in [0.15, 0.2) is 0 Å². The number of carbonyl (C=O) groups is 2. The average Bonchev–Trinajstić information content (AvgIpc) is 4.07. The lowest BCUT2D eigenvalue weighted by molar-refractivity contribution is -0.129. The number of aromatic nitrogens is 4. The van der Waals surface area contributed by atoms with Gasteiger partial charge in [0.05, 0.1) is 22.9 Å². The molecule has 7 nitrogen and oxygen atoms in total. The number of rotatable bonds is 8. The molecule has 10 rings (SSSR count). The quantitative estimate of drug-likeness (QED) is 0.119. The summed E-state index contributed by atoms with van der Waals surface area (Å²) in [5, 5.41) is 2.59. The molecule has 4 aliphatic rings. The van der Waals surface area contributed by atoms with Gasteiger partial charge in [0.25, 0.3) is 0 Å². The van der Waals surface area contributed by atoms with Crippen LogP contribution < -0.4 is 5.73 Å². The van der Waals surface area contributed by atoms with Crippen LogP contribution in [0.1, 0.15) is 108 Å². The van der Waals surface area contributed by atoms with E-state index in [2.05, 4.69) is 45.9 Å². The molecular weight excluding hydrogens is 883 g/mol. The van der Waals surface area contributed by atoms with Crippen LogP contribution >= 0.6 is 34.8 Å². The lowest BCUT2D eigenvalue weighted by Crippen LogP contribution is -2.33. The molecule has 8 atom stereocenters. The van der Waals surface area contributed by atoms with Gasteiger partial charge in [0, 0.05) is 46.6 Å². The minimum Gasteiger partial charge on any atom is -0.397 e. The fourth-order valence-corrected chi connectivity index (χ4v) is 12.0. The van der Waals surface area contributed by atoms with Crippen LogP contribution in [-0.2, 0) is 16.0 Å². The van der Waals surface area contributed by atoms with Crippen molar-refractivity contribution in [3.05, 3.63) is 136 Å². The zero-order valence-corrected chi connectivity index (χ0v) is 39.6. The Bertz CT molecular complexity index is 2630. The predicted molar refractivity (Wildman–Crippen MR) is 257 cm³/mol. The lowest BCUT2D eigenvalue weighted by Gasteiger charge is -2.31. The third kappa shape index (κ3) is 10.4. The number of ketones is 1. The number of pyridine rings is 4. The Morgan fingerprint density at radius 3 is 1.45 bits per heavy atom. The van der Waals surface area contributed by atoms with Crippen molar-refractivity contribution in [2.24, 2.45) is 46.3 Å². The minimum absolute atomic E-state index is 0.206. The number of carbonyl (C=O) groups excluding carboxylic acids is 2. The molecule has 2 N–H and O–H groups in total. The van der Waals surface area contributed by atoms with Crippen LogP contribution in [-0.4, -0.2) is 31.0 Å². The molecule has 0 aliphatic heterocycles. The molecule has 4 aliphatic carbocycles. The predicted octanol–water partition coefficient (Wildman–Crippen LogP) is 13.8. The van der Waals surface area contributed by atoms with Gasteiger partial charge in [0.1, 0.15) is 27.7 Å². The SMILES string of the molecule is CC(C)(C(=O)Cc1ccc(Cl)nc1)C1C[C@H]2CC(c3ccnc4ccc(F)cc34)C[C@H]2C1.CC(C)(C(=O)Cl)C1C[C@H]2CC(c3ccnc4ccc(F)cc34)C[C@H]2C1.Nc1ccc(Cl)nc1. The number of fused-ring (bicyclic) bond motifs is 4. The number of benzene rings is 2. The van der Waals surface area contributed by atoms with Gasteiger partial charge in [-0.1, -0.05) is 57.0 Å². The number of hydrogen-bond donors (Lipinski definition) is 1. The molecule has 0 bridgehead atoms. The van der Waals surface area contributed by atoms with Crippen molar-refractivity contribution < 1.29 is 18.4 Å². The van der Waals surface area contributed by atoms with Crippen LogP contribution in [0.3, 0.4) is 0 Å². The van der Waals surface area contributed by atoms with E-state index < -0.39 is 5.41 Å². The summed E-state index contributed by atoms with van der Waals surface area (Å²) in [4.78, 5) is 41.6. The highest BCUT2D eigenvalue weighted by Crippen LogP contribution is 2.58. The van der Waals surface area contributed by atoms with E-state index in [0.717, 1.165) is 78.7 Å². The summed E-state index contributed by atoms with van der Waals surface area (Å²) in [7, 11) is 0. The second-order valence-corrected chi connectivity index (χ2v) is 21.2. The average molecular weight is 939 g/mol. The first-order valence-corrected chi connectivity index (χ1v) is 23.9. The Labute approximate surface area is 395 Å². The van der Waals surface area contributed by atoms with Crippen molar-refractivity contribution in [1.82, 2.24) is 19.9 Å². The maximum atomic E-state index is 13.9. The van der Waals surface area contributed by atoms with Crippen molar-refractivity contribution in [2.45, 2.75) is 97.3 Å². The maximum absolute atomic E-state index is 13.9. The first kappa shape index (κ1) is 46.9. The Kier molecular flexibility index (Phi) is 14.0. The van der Waals surface area contributed by atoms with Gasteiger partial charge in [-0.2, -0.15) is 0 Å². The number of anilines is 1. The Hall–Kier alpha value is -4.57. The van der Waals surface area contributed by atoms with Gasteiger partial charge in [-0.3, -0.25) is 19.6 Å². The van der Waals surface area contributed by atoms with E-state index >= 15 is 0 Å². The summed E-state index contributed by atoms with van der Waals surface area (Å²) in [5.41, 5.74) is 10.2. The zero-order chi connectivity index (χ0) is 46.2. The summed E-state index contributed by atoms with van der Waals surface area (Å²) in [6, 6.07) is 20.8. The van der Waals surface area contributed by atoms with Gasteiger partial charge in [0.2, 0.25) is 5.24 Å². The monoisotopic (exact) mass is 937 g/mol. The van der Waals surface area contributed by atoms with Crippen molar-refractivity contribution >= 4 is 73.3 Å². The Morgan fingerprint density at radius 1 is 0.600 bits per heavy atom. The van der Waals surface area contributed by atoms with Crippen LogP contribution in [0.4, 0.5) is 14.5 Å². The topological polar surface area (TPSA) is 112 Å². The highest BCUT2D eigenvalue weighted by atomic mass is 35.5. The summed E-state index contributed by atoms with van der Waals surface area (Å²) >= 11 is 17.1. The van der Waals surface area contributed by atoms with E-state index in [-0.39, 0.29) is 28.1 Å². The number of halogens is 5. The summed E-state index contributed by atoms with van der Waals surface area (Å²) in [5.74, 6) is 4.08. The van der Waals surface area contributed by atoms with Gasteiger partial charge in [-0.25, -0.2) is 18.7 Å². The van der Waals surface area contributed by atoms with Crippen molar-refractivity contribution in [3.8, 4) is 0 Å². The first-order valence-electron chi connectivity index (χ1n) is 22.7. The molecule has 0 spiro atoms. The smallest absolute Gasteiger partial charge is 0.227 e. The van der Waals surface area contributed by atoms with E-state index in [9.17, 15) is 18.4 Å². The lowest BCUT2D eigenvalue weighted by atomic mass is 9.71. The fourth-order valence-electron chi connectivity index (χ4n) is 11.6. The summed E-state index contributed by atoms with van der Waals surface area (Å²) in [6.07, 6.45) is 16.1. The molecule has 65 heavy (non-hydrogen) atoms. The van der Waals surface area contributed by atoms with Gasteiger partial charge >= 0.3 is 0 Å². The molecule has 4 unspecified atom stereocenters. The number of nitrogens with two attached hydrogens (primary N) is 1. The maximum Gasteiger partial charge on any atom is 0.227 e. The second kappa shape index (κ2) is 19.3. The molecule has 4 fully saturated rings. The van der Waals surface area contributed by atoms with Crippen LogP contribution in [0.5, 0.6) is 0 Å². The van der Waals surface area contributed by atoms with Gasteiger partial charge in [-0.05, 0) is 194 Å². The molecule has 4 heterocycles. The zero-order valence-electron chi connectivity index (χ0n) is 37.3. The molecule has 0 amide bonds. The van der Waals surface area contributed by atoms with Gasteiger partial charge in [-0.15, -0.1) is 0 Å². The second-order valence-electron chi connectivity index (χ2n) is 20.1. The Morgan fingerprint density at radius 2 is 1.05 bits per heavy atom. The molecule has 0 radical (unpaired) electrons. The minimum atomic E-state index is -0.437. The summed E-state index contributed by atoms with van der Waals surface area (Å²) < 4.78 is 27.6. The third-order valence-corrected chi connectivity index (χ3v) is 16.5. The number of Topliss-reactive ketones (excluding diaryl/α,β-unsaturated/α-hetero) is 1.